The van der Waals surface area contributed by atoms with E-state index < -0.39 is 0 Å². The number of benzene rings is 1. The van der Waals surface area contributed by atoms with Crippen LogP contribution < -0.4 is 0 Å². The van der Waals surface area contributed by atoms with Crippen LogP contribution in [0.15, 0.2) is 61.1 Å². The molecule has 1 N–H and O–H groups in total. The fraction of sp³-hybridized carbons (Fsp3) is 0.0625. The van der Waals surface area contributed by atoms with Gasteiger partial charge in [0.05, 0.1) is 11.9 Å². The molecule has 2 aromatic heterocycles. The second kappa shape index (κ2) is 5.48. The molecule has 98 valence electrons. The van der Waals surface area contributed by atoms with E-state index in [1.165, 1.54) is 0 Å². The number of nitrogens with zero attached hydrogens (tertiary/aromatic N) is 3. The van der Waals surface area contributed by atoms with E-state index in [0.717, 1.165) is 16.8 Å². The van der Waals surface area contributed by atoms with Gasteiger partial charge in [0.15, 0.2) is 0 Å². The van der Waals surface area contributed by atoms with Crippen LogP contribution in [0.2, 0.25) is 0 Å². The van der Waals surface area contributed by atoms with Gasteiger partial charge in [-0.05, 0) is 11.6 Å². The van der Waals surface area contributed by atoms with Crippen LogP contribution in [0.5, 0.6) is 5.88 Å². The molecule has 0 aliphatic heterocycles. The van der Waals surface area contributed by atoms with E-state index in [4.69, 9.17) is 0 Å². The van der Waals surface area contributed by atoms with Crippen LogP contribution in [0.25, 0.3) is 11.3 Å². The summed E-state index contributed by atoms with van der Waals surface area (Å²) >= 11 is 0. The van der Waals surface area contributed by atoms with Gasteiger partial charge in [-0.15, -0.1) is 0 Å². The molecule has 4 nitrogen and oxygen atoms in total. The lowest BCUT2D eigenvalue weighted by molar-refractivity contribution is 0.443. The van der Waals surface area contributed by atoms with Gasteiger partial charge in [0.1, 0.15) is 5.69 Å². The number of aromatic nitrogens is 3. The van der Waals surface area contributed by atoms with Crippen LogP contribution in [0.1, 0.15) is 11.3 Å². The highest BCUT2D eigenvalue weighted by Gasteiger charge is 2.08. The predicted octanol–water partition coefficient (Wildman–Crippen LogP) is 2.83. The van der Waals surface area contributed by atoms with Crippen LogP contribution in [0.3, 0.4) is 0 Å². The van der Waals surface area contributed by atoms with Crippen molar-refractivity contribution < 1.29 is 5.11 Å². The smallest absolute Gasteiger partial charge is 0.233 e. The largest absolute Gasteiger partial charge is 0.492 e. The van der Waals surface area contributed by atoms with Gasteiger partial charge in [0, 0.05) is 24.4 Å². The first-order valence-electron chi connectivity index (χ1n) is 6.32. The molecule has 1 aromatic carbocycles. The monoisotopic (exact) mass is 263 g/mol. The maximum absolute atomic E-state index is 9.85. The van der Waals surface area contributed by atoms with E-state index in [1.807, 2.05) is 42.5 Å². The van der Waals surface area contributed by atoms with E-state index in [1.54, 1.807) is 18.6 Å². The zero-order valence-corrected chi connectivity index (χ0v) is 10.8. The lowest BCUT2D eigenvalue weighted by Gasteiger charge is -2.06. The number of pyridine rings is 1. The summed E-state index contributed by atoms with van der Waals surface area (Å²) in [6.07, 6.45) is 5.57. The first kappa shape index (κ1) is 12.3. The van der Waals surface area contributed by atoms with Crippen molar-refractivity contribution in [1.82, 2.24) is 15.0 Å². The minimum absolute atomic E-state index is 0.0338. The zero-order chi connectivity index (χ0) is 13.8. The average molecular weight is 263 g/mol. The molecule has 3 rings (SSSR count). The lowest BCUT2D eigenvalue weighted by atomic mass is 10.1. The Hall–Kier alpha value is -2.75. The van der Waals surface area contributed by atoms with Gasteiger partial charge >= 0.3 is 0 Å². The summed E-state index contributed by atoms with van der Waals surface area (Å²) in [4.78, 5) is 12.6. The van der Waals surface area contributed by atoms with Gasteiger partial charge in [-0.3, -0.25) is 4.98 Å². The molecule has 0 amide bonds. The Bertz CT molecular complexity index is 699. The van der Waals surface area contributed by atoms with Gasteiger partial charge in [0.2, 0.25) is 5.88 Å². The van der Waals surface area contributed by atoms with E-state index in [0.29, 0.717) is 12.1 Å². The fourth-order valence-electron chi connectivity index (χ4n) is 1.98. The van der Waals surface area contributed by atoms with Gasteiger partial charge in [0.25, 0.3) is 0 Å². The van der Waals surface area contributed by atoms with Gasteiger partial charge in [-0.2, -0.15) is 0 Å². The molecule has 0 radical (unpaired) electrons. The predicted molar refractivity (Wildman–Crippen MR) is 76.2 cm³/mol. The van der Waals surface area contributed by atoms with Crippen LogP contribution in [-0.2, 0) is 6.42 Å². The number of hydrogen-bond acceptors (Lipinski definition) is 4. The van der Waals surface area contributed by atoms with Crippen LogP contribution in [0.4, 0.5) is 0 Å². The van der Waals surface area contributed by atoms with Crippen LogP contribution in [-0.4, -0.2) is 20.1 Å². The topological polar surface area (TPSA) is 58.9 Å². The number of aromatic hydroxyl groups is 1. The zero-order valence-electron chi connectivity index (χ0n) is 10.8. The van der Waals surface area contributed by atoms with Gasteiger partial charge in [-0.1, -0.05) is 36.4 Å². The lowest BCUT2D eigenvalue weighted by Crippen LogP contribution is -1.97. The van der Waals surface area contributed by atoms with E-state index in [9.17, 15) is 5.11 Å². The molecule has 0 aliphatic carbocycles. The highest BCUT2D eigenvalue weighted by atomic mass is 16.3. The summed E-state index contributed by atoms with van der Waals surface area (Å²) in [6, 6.07) is 13.6. The normalized spacial score (nSPS) is 10.4. The maximum atomic E-state index is 9.85. The molecule has 0 atom stereocenters. The second-order valence-corrected chi connectivity index (χ2v) is 4.43. The Morgan fingerprint density at radius 2 is 1.80 bits per heavy atom. The van der Waals surface area contributed by atoms with Crippen molar-refractivity contribution in [3.8, 4) is 17.1 Å². The molecule has 0 saturated carbocycles. The fourth-order valence-corrected chi connectivity index (χ4v) is 1.98. The highest BCUT2D eigenvalue weighted by Crippen LogP contribution is 2.21. The van der Waals surface area contributed by atoms with Crippen molar-refractivity contribution in [3.05, 3.63) is 72.3 Å². The third kappa shape index (κ3) is 2.64. The summed E-state index contributed by atoms with van der Waals surface area (Å²) < 4.78 is 0. The molecular weight excluding hydrogens is 250 g/mol. The van der Waals surface area contributed by atoms with Crippen molar-refractivity contribution in [2.24, 2.45) is 0 Å². The summed E-state index contributed by atoms with van der Waals surface area (Å²) in [5.74, 6) is -0.0338. The molecule has 0 fully saturated rings. The highest BCUT2D eigenvalue weighted by molar-refractivity contribution is 5.58. The first-order chi connectivity index (χ1) is 9.83. The SMILES string of the molecule is Oc1ncc(-c2ccccc2)nc1Cc1cccnc1. The van der Waals surface area contributed by atoms with Crippen molar-refractivity contribution >= 4 is 0 Å². The van der Waals surface area contributed by atoms with Crippen LogP contribution in [0, 0.1) is 0 Å². The summed E-state index contributed by atoms with van der Waals surface area (Å²) in [7, 11) is 0. The molecule has 4 heteroatoms. The molecule has 20 heavy (non-hydrogen) atoms. The van der Waals surface area contributed by atoms with Crippen molar-refractivity contribution in [3.63, 3.8) is 0 Å². The van der Waals surface area contributed by atoms with Crippen LogP contribution >= 0.6 is 0 Å². The quantitative estimate of drug-likeness (QED) is 0.789. The number of hydrogen-bond donors (Lipinski definition) is 1. The van der Waals surface area contributed by atoms with Gasteiger partial charge < -0.3 is 5.11 Å². The molecule has 0 bridgehead atoms. The Balaban J connectivity index is 1.95. The Kier molecular flexibility index (Phi) is 3.37. The van der Waals surface area contributed by atoms with Crippen molar-refractivity contribution in [2.45, 2.75) is 6.42 Å². The molecule has 0 spiro atoms. The summed E-state index contributed by atoms with van der Waals surface area (Å²) in [6.45, 7) is 0. The minimum Gasteiger partial charge on any atom is -0.492 e. The number of rotatable bonds is 3. The standard InChI is InChI=1S/C16H13N3O/c20-16-14(9-12-5-4-8-17-10-12)19-15(11-18-16)13-6-2-1-3-7-13/h1-8,10-11H,9H2,(H,18,20). The second-order valence-electron chi connectivity index (χ2n) is 4.43. The summed E-state index contributed by atoms with van der Waals surface area (Å²) in [5, 5.41) is 9.85. The molecular formula is C16H13N3O. The third-order valence-corrected chi connectivity index (χ3v) is 2.99. The molecule has 0 aliphatic rings. The van der Waals surface area contributed by atoms with Gasteiger partial charge in [-0.25, -0.2) is 9.97 Å². The van der Waals surface area contributed by atoms with Crippen molar-refractivity contribution in [1.29, 1.82) is 0 Å². The van der Waals surface area contributed by atoms with E-state index in [2.05, 4.69) is 15.0 Å². The van der Waals surface area contributed by atoms with E-state index in [-0.39, 0.29) is 5.88 Å². The summed E-state index contributed by atoms with van der Waals surface area (Å²) in [5.41, 5.74) is 3.27. The molecule has 0 saturated heterocycles. The molecule has 0 unspecified atom stereocenters. The Morgan fingerprint density at radius 1 is 0.950 bits per heavy atom. The maximum Gasteiger partial charge on any atom is 0.233 e. The first-order valence-corrected chi connectivity index (χ1v) is 6.32. The molecule has 2 heterocycles. The van der Waals surface area contributed by atoms with E-state index >= 15 is 0 Å². The minimum atomic E-state index is -0.0338. The molecule has 3 aromatic rings. The Labute approximate surface area is 116 Å². The van der Waals surface area contributed by atoms with Crippen molar-refractivity contribution in [2.75, 3.05) is 0 Å². The Morgan fingerprint density at radius 3 is 2.55 bits per heavy atom. The third-order valence-electron chi connectivity index (χ3n) is 2.99. The average Bonchev–Trinajstić information content (AvgIpc) is 2.51.